The van der Waals surface area contributed by atoms with Gasteiger partial charge in [0.2, 0.25) is 0 Å². The van der Waals surface area contributed by atoms with Crippen molar-refractivity contribution in [2.45, 2.75) is 33.0 Å². The van der Waals surface area contributed by atoms with E-state index in [2.05, 4.69) is 20.9 Å². The van der Waals surface area contributed by atoms with Crippen molar-refractivity contribution in [2.75, 3.05) is 0 Å². The average molecular weight is 307 g/mol. The first-order chi connectivity index (χ1) is 10.3. The Morgan fingerprint density at radius 3 is 2.59 bits per heavy atom. The fourth-order valence-electron chi connectivity index (χ4n) is 1.51. The number of nitrogens with one attached hydrogen (secondary N) is 2. The first-order valence-corrected chi connectivity index (χ1v) is 6.35. The molecule has 0 heterocycles. The molecule has 1 aromatic carbocycles. The lowest BCUT2D eigenvalue weighted by atomic mass is 10.1. The number of benzene rings is 1. The molecule has 0 bridgehead atoms. The van der Waals surface area contributed by atoms with Gasteiger partial charge in [-0.05, 0) is 37.9 Å². The Kier molecular flexibility index (Phi) is 5.73. The van der Waals surface area contributed by atoms with E-state index in [1.165, 1.54) is 18.2 Å². The zero-order valence-corrected chi connectivity index (χ0v) is 12.5. The summed E-state index contributed by atoms with van der Waals surface area (Å²) in [6, 6.07) is 4.22. The molecular formula is C13H17N5O4. The van der Waals surface area contributed by atoms with Crippen molar-refractivity contribution in [3.05, 3.63) is 39.8 Å². The highest BCUT2D eigenvalue weighted by Gasteiger charge is 2.17. The van der Waals surface area contributed by atoms with Crippen molar-refractivity contribution < 1.29 is 19.4 Å². The van der Waals surface area contributed by atoms with Crippen LogP contribution in [0, 0.1) is 0 Å². The van der Waals surface area contributed by atoms with Crippen LogP contribution < -0.4 is 10.9 Å². The number of nitrogens with zero attached hydrogens (tertiary/aromatic N) is 3. The third-order valence-electron chi connectivity index (χ3n) is 2.35. The minimum absolute atomic E-state index is 0.0726. The van der Waals surface area contributed by atoms with Crippen LogP contribution in [0.1, 0.15) is 36.7 Å². The zero-order valence-electron chi connectivity index (χ0n) is 12.5. The van der Waals surface area contributed by atoms with Gasteiger partial charge in [0.15, 0.2) is 0 Å². The maximum atomic E-state index is 12.0. The number of amides is 2. The fourth-order valence-corrected chi connectivity index (χ4v) is 1.51. The maximum absolute atomic E-state index is 12.0. The summed E-state index contributed by atoms with van der Waals surface area (Å²) < 4.78 is 4.96. The molecular weight excluding hydrogens is 290 g/mol. The van der Waals surface area contributed by atoms with Crippen LogP contribution in [0.5, 0.6) is 0 Å². The molecule has 0 unspecified atom stereocenters. The van der Waals surface area contributed by atoms with E-state index >= 15 is 0 Å². The molecule has 1 aromatic rings. The van der Waals surface area contributed by atoms with Gasteiger partial charge in [-0.15, -0.1) is 0 Å². The summed E-state index contributed by atoms with van der Waals surface area (Å²) in [5, 5.41) is 12.6. The van der Waals surface area contributed by atoms with Crippen LogP contribution in [-0.4, -0.2) is 22.7 Å². The lowest BCUT2D eigenvalue weighted by Crippen LogP contribution is -2.44. The Hall–Kier alpha value is -2.77. The number of hydrogen-bond acceptors (Lipinski definition) is 5. The molecule has 0 atom stereocenters. The number of aliphatic hydroxyl groups excluding tert-OH is 1. The summed E-state index contributed by atoms with van der Waals surface area (Å²) in [6.45, 7) is 4.66. The van der Waals surface area contributed by atoms with Gasteiger partial charge in [0.1, 0.15) is 5.60 Å². The number of ether oxygens (including phenoxy) is 1. The van der Waals surface area contributed by atoms with Crippen LogP contribution in [0.2, 0.25) is 0 Å². The summed E-state index contributed by atoms with van der Waals surface area (Å²) in [5.41, 5.74) is 12.5. The molecule has 3 N–H and O–H groups in total. The third kappa shape index (κ3) is 5.31. The monoisotopic (exact) mass is 307 g/mol. The quantitative estimate of drug-likeness (QED) is 0.341. The van der Waals surface area contributed by atoms with Gasteiger partial charge in [0.05, 0.1) is 6.61 Å². The van der Waals surface area contributed by atoms with Crippen molar-refractivity contribution in [3.8, 4) is 0 Å². The van der Waals surface area contributed by atoms with Gasteiger partial charge in [0, 0.05) is 16.2 Å². The van der Waals surface area contributed by atoms with Gasteiger partial charge in [-0.3, -0.25) is 10.2 Å². The summed E-state index contributed by atoms with van der Waals surface area (Å²) >= 11 is 0. The van der Waals surface area contributed by atoms with Crippen molar-refractivity contribution in [3.63, 3.8) is 0 Å². The smallest absolute Gasteiger partial charge is 0.426 e. The molecule has 0 aromatic heterocycles. The molecule has 0 saturated carbocycles. The molecule has 1 rings (SSSR count). The van der Waals surface area contributed by atoms with Crippen LogP contribution >= 0.6 is 0 Å². The highest BCUT2D eigenvalue weighted by atomic mass is 16.6. The van der Waals surface area contributed by atoms with Crippen molar-refractivity contribution in [2.24, 2.45) is 5.11 Å². The van der Waals surface area contributed by atoms with Gasteiger partial charge in [-0.25, -0.2) is 10.2 Å². The SMILES string of the molecule is CC(C)(C)OC(=O)NNC(=O)c1cc(N=[N+]=[N-])ccc1CO. The second-order valence-electron chi connectivity index (χ2n) is 5.27. The summed E-state index contributed by atoms with van der Waals surface area (Å²) in [4.78, 5) is 26.1. The lowest BCUT2D eigenvalue weighted by Gasteiger charge is -2.20. The molecule has 0 aliphatic rings. The molecule has 0 saturated heterocycles. The predicted octanol–water partition coefficient (Wildman–Crippen LogP) is 2.29. The minimum Gasteiger partial charge on any atom is -0.443 e. The normalized spacial score (nSPS) is 10.4. The number of aliphatic hydroxyl groups is 1. The summed E-state index contributed by atoms with van der Waals surface area (Å²) in [7, 11) is 0. The molecule has 118 valence electrons. The average Bonchev–Trinajstić information content (AvgIpc) is 2.43. The molecule has 2 amide bonds. The third-order valence-corrected chi connectivity index (χ3v) is 2.35. The number of azide groups is 1. The zero-order chi connectivity index (χ0) is 16.8. The first-order valence-electron chi connectivity index (χ1n) is 6.35. The van der Waals surface area contributed by atoms with Gasteiger partial charge < -0.3 is 9.84 Å². The van der Waals surface area contributed by atoms with E-state index in [0.717, 1.165) is 0 Å². The number of carbonyl (C=O) groups excluding carboxylic acids is 2. The van der Waals surface area contributed by atoms with E-state index < -0.39 is 17.6 Å². The van der Waals surface area contributed by atoms with Crippen LogP contribution in [0.3, 0.4) is 0 Å². The Bertz CT molecular complexity index is 617. The summed E-state index contributed by atoms with van der Waals surface area (Å²) in [6.07, 6.45) is -0.822. The van der Waals surface area contributed by atoms with Crippen LogP contribution in [0.4, 0.5) is 10.5 Å². The van der Waals surface area contributed by atoms with Crippen LogP contribution in [0.25, 0.3) is 10.4 Å². The maximum Gasteiger partial charge on any atom is 0.426 e. The molecule has 0 spiro atoms. The van der Waals surface area contributed by atoms with E-state index in [9.17, 15) is 14.7 Å². The second-order valence-corrected chi connectivity index (χ2v) is 5.27. The van der Waals surface area contributed by atoms with E-state index in [4.69, 9.17) is 10.3 Å². The van der Waals surface area contributed by atoms with Crippen molar-refractivity contribution in [1.29, 1.82) is 0 Å². The molecule has 0 fully saturated rings. The van der Waals surface area contributed by atoms with Gasteiger partial charge >= 0.3 is 6.09 Å². The van der Waals surface area contributed by atoms with Gasteiger partial charge in [-0.1, -0.05) is 17.2 Å². The van der Waals surface area contributed by atoms with Crippen LogP contribution in [-0.2, 0) is 11.3 Å². The number of hydrazine groups is 1. The van der Waals surface area contributed by atoms with E-state index in [0.29, 0.717) is 5.56 Å². The molecule has 0 aliphatic carbocycles. The predicted molar refractivity (Wildman–Crippen MR) is 78.0 cm³/mol. The molecule has 22 heavy (non-hydrogen) atoms. The van der Waals surface area contributed by atoms with E-state index in [-0.39, 0.29) is 17.9 Å². The van der Waals surface area contributed by atoms with Gasteiger partial charge in [-0.2, -0.15) is 0 Å². The fraction of sp³-hybridized carbons (Fsp3) is 0.385. The second kappa shape index (κ2) is 7.30. The number of rotatable bonds is 3. The molecule has 0 aliphatic heterocycles. The van der Waals surface area contributed by atoms with Crippen molar-refractivity contribution >= 4 is 17.7 Å². The highest BCUT2D eigenvalue weighted by Crippen LogP contribution is 2.18. The standard InChI is InChI=1S/C13H17N5O4/c1-13(2,3)22-12(21)17-16-11(20)10-6-9(15-18-14)5-4-8(10)7-19/h4-6,19H,7H2,1-3H3,(H,16,20)(H,17,21). The molecule has 0 radical (unpaired) electrons. The van der Waals surface area contributed by atoms with E-state index in [1.807, 2.05) is 0 Å². The Morgan fingerprint density at radius 1 is 1.36 bits per heavy atom. The van der Waals surface area contributed by atoms with Crippen LogP contribution in [0.15, 0.2) is 23.3 Å². The number of carbonyl (C=O) groups is 2. The number of hydrogen-bond donors (Lipinski definition) is 3. The molecule has 9 heteroatoms. The largest absolute Gasteiger partial charge is 0.443 e. The van der Waals surface area contributed by atoms with Crippen molar-refractivity contribution in [1.82, 2.24) is 10.9 Å². The summed E-state index contributed by atoms with van der Waals surface area (Å²) in [5.74, 6) is -0.676. The first kappa shape index (κ1) is 17.3. The lowest BCUT2D eigenvalue weighted by molar-refractivity contribution is 0.0483. The Balaban J connectivity index is 2.82. The molecule has 9 nitrogen and oxygen atoms in total. The Morgan fingerprint density at radius 2 is 2.05 bits per heavy atom. The Labute approximate surface area is 126 Å². The van der Waals surface area contributed by atoms with Gasteiger partial charge in [0.25, 0.3) is 5.91 Å². The topological polar surface area (TPSA) is 136 Å². The minimum atomic E-state index is -0.822. The van der Waals surface area contributed by atoms with E-state index in [1.54, 1.807) is 20.8 Å². The highest BCUT2D eigenvalue weighted by molar-refractivity contribution is 5.97.